The van der Waals surface area contributed by atoms with E-state index in [9.17, 15) is 4.79 Å². The molecule has 4 rings (SSSR count). The number of ether oxygens (including phenoxy) is 2. The molecule has 0 fully saturated rings. The van der Waals surface area contributed by atoms with Crippen molar-refractivity contribution in [1.29, 1.82) is 0 Å². The Labute approximate surface area is 146 Å². The lowest BCUT2D eigenvalue weighted by Crippen LogP contribution is -2.30. The van der Waals surface area contributed by atoms with E-state index in [4.69, 9.17) is 13.9 Å². The van der Waals surface area contributed by atoms with Crippen LogP contribution in [-0.4, -0.2) is 30.3 Å². The summed E-state index contributed by atoms with van der Waals surface area (Å²) in [6.07, 6.45) is 4.29. The summed E-state index contributed by atoms with van der Waals surface area (Å²) >= 11 is 1.36. The first-order chi connectivity index (χ1) is 12.3. The molecule has 3 aromatic rings. The summed E-state index contributed by atoms with van der Waals surface area (Å²) in [6.45, 7) is 0.723. The Morgan fingerprint density at radius 2 is 2.16 bits per heavy atom. The molecule has 1 aliphatic rings. The van der Waals surface area contributed by atoms with Gasteiger partial charge in [0.2, 0.25) is 10.9 Å². The maximum Gasteiger partial charge on any atom is 0.319 e. The van der Waals surface area contributed by atoms with Gasteiger partial charge < -0.3 is 13.9 Å². The normalized spacial score (nSPS) is 14.2. The molecule has 1 amide bonds. The Bertz CT molecular complexity index is 913. The van der Waals surface area contributed by atoms with E-state index in [1.807, 2.05) is 24.3 Å². The van der Waals surface area contributed by atoms with Gasteiger partial charge in [0, 0.05) is 0 Å². The van der Waals surface area contributed by atoms with Gasteiger partial charge in [-0.15, -0.1) is 0 Å². The van der Waals surface area contributed by atoms with E-state index in [2.05, 4.69) is 10.1 Å². The molecule has 0 saturated heterocycles. The van der Waals surface area contributed by atoms with Gasteiger partial charge >= 0.3 is 5.91 Å². The van der Waals surface area contributed by atoms with Crippen LogP contribution in [0.1, 0.15) is 5.76 Å². The molecule has 0 atom stereocenters. The third-order valence-electron chi connectivity index (χ3n) is 3.36. The van der Waals surface area contributed by atoms with E-state index in [-0.39, 0.29) is 5.76 Å². The minimum Gasteiger partial charge on any atom is -0.494 e. The number of hydrogen-bond acceptors (Lipinski definition) is 7. The predicted molar refractivity (Wildman–Crippen MR) is 93.4 cm³/mol. The van der Waals surface area contributed by atoms with E-state index >= 15 is 0 Å². The van der Waals surface area contributed by atoms with Crippen LogP contribution in [0.2, 0.25) is 0 Å². The lowest BCUT2D eigenvalue weighted by atomic mass is 10.3. The number of benzene rings is 1. The minimum atomic E-state index is -0.457. The van der Waals surface area contributed by atoms with Gasteiger partial charge in [0.15, 0.2) is 0 Å². The zero-order valence-corrected chi connectivity index (χ0v) is 13.8. The third-order valence-corrected chi connectivity index (χ3v) is 4.37. The maximum atomic E-state index is 12.8. The van der Waals surface area contributed by atoms with Gasteiger partial charge in [-0.25, -0.2) is 4.98 Å². The number of carbonyl (C=O) groups is 1. The van der Waals surface area contributed by atoms with Gasteiger partial charge in [0.1, 0.15) is 25.2 Å². The Morgan fingerprint density at radius 1 is 1.24 bits per heavy atom. The third kappa shape index (κ3) is 3.24. The van der Waals surface area contributed by atoms with E-state index in [0.29, 0.717) is 24.1 Å². The fourth-order valence-electron chi connectivity index (χ4n) is 2.20. The van der Waals surface area contributed by atoms with Crippen molar-refractivity contribution in [3.8, 4) is 0 Å². The lowest BCUT2D eigenvalue weighted by molar-refractivity contribution is -0.119. The monoisotopic (exact) mass is 355 g/mol. The highest BCUT2D eigenvalue weighted by atomic mass is 32.1. The SMILES string of the molecule is O=C(C1=COCCO1)N(/N=C\c1ccco1)c1nc2ccccc2s1. The molecule has 0 aliphatic carbocycles. The molecule has 25 heavy (non-hydrogen) atoms. The highest BCUT2D eigenvalue weighted by Gasteiger charge is 2.26. The van der Waals surface area contributed by atoms with E-state index in [0.717, 1.165) is 10.2 Å². The van der Waals surface area contributed by atoms with Crippen molar-refractivity contribution in [2.75, 3.05) is 18.2 Å². The molecular formula is C17H13N3O4S. The largest absolute Gasteiger partial charge is 0.494 e. The van der Waals surface area contributed by atoms with Crippen LogP contribution in [0.4, 0.5) is 5.13 Å². The summed E-state index contributed by atoms with van der Waals surface area (Å²) in [6, 6.07) is 11.1. The van der Waals surface area contributed by atoms with Crippen LogP contribution in [0, 0.1) is 0 Å². The first-order valence-electron chi connectivity index (χ1n) is 7.53. The summed E-state index contributed by atoms with van der Waals surface area (Å²) in [5.74, 6) is 0.150. The van der Waals surface area contributed by atoms with Crippen molar-refractivity contribution in [3.63, 3.8) is 0 Å². The van der Waals surface area contributed by atoms with Gasteiger partial charge in [0.05, 0.1) is 22.7 Å². The summed E-state index contributed by atoms with van der Waals surface area (Å²) in [4.78, 5) is 17.3. The fraction of sp³-hybridized carbons (Fsp3) is 0.118. The number of hydrogen-bond donors (Lipinski definition) is 0. The van der Waals surface area contributed by atoms with Gasteiger partial charge in [-0.05, 0) is 24.3 Å². The minimum absolute atomic E-state index is 0.0853. The van der Waals surface area contributed by atoms with Crippen LogP contribution >= 0.6 is 11.3 Å². The van der Waals surface area contributed by atoms with Crippen molar-refractivity contribution in [3.05, 3.63) is 60.4 Å². The average molecular weight is 355 g/mol. The number of para-hydroxylation sites is 1. The smallest absolute Gasteiger partial charge is 0.319 e. The Kier molecular flexibility index (Phi) is 4.17. The van der Waals surface area contributed by atoms with Gasteiger partial charge in [-0.3, -0.25) is 4.79 Å². The lowest BCUT2D eigenvalue weighted by Gasteiger charge is -2.18. The Balaban J connectivity index is 1.71. The van der Waals surface area contributed by atoms with Crippen LogP contribution < -0.4 is 5.01 Å². The molecular weight excluding hydrogens is 342 g/mol. The van der Waals surface area contributed by atoms with Crippen molar-refractivity contribution >= 4 is 38.8 Å². The van der Waals surface area contributed by atoms with Crippen molar-refractivity contribution < 1.29 is 18.7 Å². The molecule has 1 aromatic carbocycles. The second-order valence-electron chi connectivity index (χ2n) is 5.04. The number of anilines is 1. The number of fused-ring (bicyclic) bond motifs is 1. The number of furan rings is 1. The molecule has 0 spiro atoms. The Morgan fingerprint density at radius 3 is 2.92 bits per heavy atom. The van der Waals surface area contributed by atoms with Gasteiger partial charge in [-0.2, -0.15) is 10.1 Å². The topological polar surface area (TPSA) is 77.2 Å². The first-order valence-corrected chi connectivity index (χ1v) is 8.35. The standard InChI is InChI=1S/C17H13N3O4S/c21-16(14-11-22-8-9-24-14)20(18-10-12-4-3-7-23-12)17-19-13-5-1-2-6-15(13)25-17/h1-7,10-11H,8-9H2/b18-10-. The molecule has 0 N–H and O–H groups in total. The summed E-state index contributed by atoms with van der Waals surface area (Å²) in [5, 5.41) is 5.87. The second kappa shape index (κ2) is 6.78. The molecule has 0 unspecified atom stereocenters. The van der Waals surface area contributed by atoms with Crippen LogP contribution in [0.15, 0.2) is 64.2 Å². The van der Waals surface area contributed by atoms with Crippen LogP contribution in [0.5, 0.6) is 0 Å². The number of aromatic nitrogens is 1. The van der Waals surface area contributed by atoms with Crippen molar-refractivity contribution in [2.45, 2.75) is 0 Å². The van der Waals surface area contributed by atoms with Crippen LogP contribution in [-0.2, 0) is 14.3 Å². The molecule has 1 aliphatic heterocycles. The number of rotatable bonds is 4. The highest BCUT2D eigenvalue weighted by Crippen LogP contribution is 2.30. The highest BCUT2D eigenvalue weighted by molar-refractivity contribution is 7.22. The first kappa shape index (κ1) is 15.4. The van der Waals surface area contributed by atoms with E-state index in [1.165, 1.54) is 35.1 Å². The molecule has 8 heteroatoms. The zero-order valence-electron chi connectivity index (χ0n) is 13.0. The quantitative estimate of drug-likeness (QED) is 0.531. The number of nitrogens with zero attached hydrogens (tertiary/aromatic N) is 3. The number of thiazole rings is 1. The van der Waals surface area contributed by atoms with Crippen molar-refractivity contribution in [1.82, 2.24) is 4.98 Å². The second-order valence-corrected chi connectivity index (χ2v) is 6.05. The number of hydrazone groups is 1. The molecule has 3 heterocycles. The van der Waals surface area contributed by atoms with Crippen LogP contribution in [0.3, 0.4) is 0 Å². The zero-order chi connectivity index (χ0) is 17.1. The molecule has 0 bridgehead atoms. The van der Waals surface area contributed by atoms with E-state index < -0.39 is 5.91 Å². The molecule has 7 nitrogen and oxygen atoms in total. The van der Waals surface area contributed by atoms with Gasteiger partial charge in [-0.1, -0.05) is 23.5 Å². The van der Waals surface area contributed by atoms with E-state index in [1.54, 1.807) is 12.1 Å². The van der Waals surface area contributed by atoms with Crippen LogP contribution in [0.25, 0.3) is 10.2 Å². The number of amides is 1. The predicted octanol–water partition coefficient (Wildman–Crippen LogP) is 3.14. The average Bonchev–Trinajstić information content (AvgIpc) is 3.32. The maximum absolute atomic E-state index is 12.8. The summed E-state index contributed by atoms with van der Waals surface area (Å²) in [5.41, 5.74) is 0.795. The molecule has 0 radical (unpaired) electrons. The fourth-order valence-corrected chi connectivity index (χ4v) is 3.13. The number of carbonyl (C=O) groups excluding carboxylic acids is 1. The van der Waals surface area contributed by atoms with Gasteiger partial charge in [0.25, 0.3) is 0 Å². The summed E-state index contributed by atoms with van der Waals surface area (Å²) in [7, 11) is 0. The molecule has 126 valence electrons. The molecule has 2 aromatic heterocycles. The summed E-state index contributed by atoms with van der Waals surface area (Å²) < 4.78 is 16.7. The Hall–Kier alpha value is -3.13. The van der Waals surface area contributed by atoms with Crippen molar-refractivity contribution in [2.24, 2.45) is 5.10 Å². The molecule has 0 saturated carbocycles.